The second-order valence-corrected chi connectivity index (χ2v) is 6.83. The summed E-state index contributed by atoms with van der Waals surface area (Å²) in [5.41, 5.74) is 0.291. The Morgan fingerprint density at radius 1 is 1.23 bits per heavy atom. The van der Waals surface area contributed by atoms with Crippen LogP contribution in [0, 0.1) is 0 Å². The first kappa shape index (κ1) is 18.3. The van der Waals surface area contributed by atoms with Crippen molar-refractivity contribution in [3.05, 3.63) is 56.7 Å². The van der Waals surface area contributed by atoms with Crippen LogP contribution < -0.4 is 21.3 Å². The van der Waals surface area contributed by atoms with E-state index in [9.17, 15) is 9.59 Å². The molecule has 1 fully saturated rings. The van der Waals surface area contributed by atoms with Crippen molar-refractivity contribution in [2.75, 3.05) is 18.5 Å². The van der Waals surface area contributed by atoms with Crippen LogP contribution in [0.1, 0.15) is 44.8 Å². The molecule has 1 aliphatic heterocycles. The summed E-state index contributed by atoms with van der Waals surface area (Å²) in [5, 5.41) is 3.17. The van der Waals surface area contributed by atoms with E-state index < -0.39 is 5.69 Å². The predicted octanol–water partition coefficient (Wildman–Crippen LogP) is 2.46. The Kier molecular flexibility index (Phi) is 5.46. The van der Waals surface area contributed by atoms with Gasteiger partial charge in [-0.15, -0.1) is 0 Å². The van der Waals surface area contributed by atoms with Gasteiger partial charge in [-0.3, -0.25) is 14.3 Å². The van der Waals surface area contributed by atoms with Gasteiger partial charge in [0.15, 0.2) is 0 Å². The Labute approximate surface area is 152 Å². The highest BCUT2D eigenvalue weighted by Gasteiger charge is 2.17. The number of nitrogens with zero attached hydrogens (tertiary/aromatic N) is 1. The quantitative estimate of drug-likeness (QED) is 0.827. The predicted molar refractivity (Wildman–Crippen MR) is 100 cm³/mol. The third-order valence-corrected chi connectivity index (χ3v) is 4.42. The zero-order valence-corrected chi connectivity index (χ0v) is 15.3. The van der Waals surface area contributed by atoms with Crippen molar-refractivity contribution in [3.8, 4) is 5.75 Å². The van der Waals surface area contributed by atoms with Crippen molar-refractivity contribution in [1.29, 1.82) is 0 Å². The molecule has 2 N–H and O–H groups in total. The molecule has 0 saturated carbocycles. The summed E-state index contributed by atoms with van der Waals surface area (Å²) in [5.74, 6) is 1.22. The van der Waals surface area contributed by atoms with Crippen molar-refractivity contribution in [3.63, 3.8) is 0 Å². The summed E-state index contributed by atoms with van der Waals surface area (Å²) < 4.78 is 12.4. The van der Waals surface area contributed by atoms with Crippen LogP contribution in [0.3, 0.4) is 0 Å². The number of H-pyrrole nitrogens is 1. The van der Waals surface area contributed by atoms with Gasteiger partial charge in [-0.25, -0.2) is 4.79 Å². The van der Waals surface area contributed by atoms with Gasteiger partial charge in [0.25, 0.3) is 5.56 Å². The Balaban J connectivity index is 1.68. The average Bonchev–Trinajstić information content (AvgIpc) is 3.07. The molecule has 0 bridgehead atoms. The number of ether oxygens (including phenoxy) is 2. The van der Waals surface area contributed by atoms with E-state index in [1.165, 1.54) is 10.6 Å². The highest BCUT2D eigenvalue weighted by molar-refractivity contribution is 5.38. The minimum atomic E-state index is -0.412. The Morgan fingerprint density at radius 2 is 1.96 bits per heavy atom. The van der Waals surface area contributed by atoms with Crippen LogP contribution in [-0.2, 0) is 4.74 Å². The van der Waals surface area contributed by atoms with Gasteiger partial charge < -0.3 is 14.8 Å². The highest BCUT2D eigenvalue weighted by atomic mass is 16.5. The van der Waals surface area contributed by atoms with E-state index >= 15 is 0 Å². The molecular weight excluding hydrogens is 334 g/mol. The van der Waals surface area contributed by atoms with Crippen LogP contribution in [0.15, 0.2) is 39.9 Å². The normalized spacial score (nSPS) is 18.1. The van der Waals surface area contributed by atoms with Crippen molar-refractivity contribution in [2.24, 2.45) is 0 Å². The number of hydrogen-bond donors (Lipinski definition) is 2. The largest absolute Gasteiger partial charge is 0.488 e. The monoisotopic (exact) mass is 359 g/mol. The number of aromatic nitrogens is 2. The minimum absolute atomic E-state index is 0.0798. The molecule has 0 radical (unpaired) electrons. The summed E-state index contributed by atoms with van der Waals surface area (Å²) >= 11 is 0. The first-order chi connectivity index (χ1) is 12.4. The Morgan fingerprint density at radius 3 is 2.54 bits per heavy atom. The van der Waals surface area contributed by atoms with Crippen LogP contribution in [0.4, 0.5) is 5.82 Å². The number of anilines is 1. The lowest BCUT2D eigenvalue weighted by Crippen LogP contribution is -2.36. The maximum Gasteiger partial charge on any atom is 0.330 e. The Bertz CT molecular complexity index is 817. The van der Waals surface area contributed by atoms with Crippen molar-refractivity contribution < 1.29 is 9.47 Å². The highest BCUT2D eigenvalue weighted by Crippen LogP contribution is 2.22. The maximum atomic E-state index is 12.1. The number of hydrogen-bond acceptors (Lipinski definition) is 5. The minimum Gasteiger partial charge on any atom is -0.488 e. The van der Waals surface area contributed by atoms with E-state index in [1.54, 1.807) is 13.8 Å². The van der Waals surface area contributed by atoms with Crippen molar-refractivity contribution in [2.45, 2.75) is 45.4 Å². The molecule has 0 amide bonds. The lowest BCUT2D eigenvalue weighted by atomic mass is 10.1. The molecule has 7 nitrogen and oxygen atoms in total. The second kappa shape index (κ2) is 7.78. The molecule has 3 rings (SSSR count). The van der Waals surface area contributed by atoms with E-state index in [4.69, 9.17) is 9.47 Å². The molecular formula is C19H25N3O4. The summed E-state index contributed by atoms with van der Waals surface area (Å²) in [7, 11) is 0. The fraction of sp³-hybridized carbons (Fsp3) is 0.474. The van der Waals surface area contributed by atoms with Gasteiger partial charge in [0, 0.05) is 24.6 Å². The third-order valence-electron chi connectivity index (χ3n) is 4.42. The summed E-state index contributed by atoms with van der Waals surface area (Å²) in [6, 6.07) is 8.93. The molecule has 0 spiro atoms. The van der Waals surface area contributed by atoms with Crippen LogP contribution in [0.5, 0.6) is 5.75 Å². The molecule has 1 unspecified atom stereocenters. The van der Waals surface area contributed by atoms with E-state index in [-0.39, 0.29) is 23.7 Å². The molecule has 7 heteroatoms. The van der Waals surface area contributed by atoms with E-state index in [0.29, 0.717) is 12.4 Å². The fourth-order valence-corrected chi connectivity index (χ4v) is 3.02. The van der Waals surface area contributed by atoms with Gasteiger partial charge in [0.2, 0.25) is 0 Å². The third kappa shape index (κ3) is 4.16. The second-order valence-electron chi connectivity index (χ2n) is 6.83. The summed E-state index contributed by atoms with van der Waals surface area (Å²) in [6.07, 6.45) is 1.03. The fourth-order valence-electron chi connectivity index (χ4n) is 3.02. The first-order valence-electron chi connectivity index (χ1n) is 8.91. The molecule has 1 saturated heterocycles. The topological polar surface area (TPSA) is 85.3 Å². The Hall–Kier alpha value is -2.54. The first-order valence-corrected chi connectivity index (χ1v) is 8.91. The lowest BCUT2D eigenvalue weighted by molar-refractivity contribution is 0.141. The molecule has 26 heavy (non-hydrogen) atoms. The van der Waals surface area contributed by atoms with Crippen LogP contribution in [0.25, 0.3) is 0 Å². The molecule has 0 aliphatic carbocycles. The van der Waals surface area contributed by atoms with Crippen molar-refractivity contribution in [1.82, 2.24) is 9.55 Å². The lowest BCUT2D eigenvalue weighted by Gasteiger charge is -2.17. The van der Waals surface area contributed by atoms with E-state index in [0.717, 1.165) is 24.3 Å². The molecule has 1 aliphatic rings. The van der Waals surface area contributed by atoms with Gasteiger partial charge in [0.05, 0.1) is 13.2 Å². The SMILES string of the molecule is CC(C)n1c(=O)cc(N[C@@H](C)c2ccc(OC3CCOC3)cc2)[nH]c1=O. The summed E-state index contributed by atoms with van der Waals surface area (Å²) in [4.78, 5) is 26.9. The smallest absolute Gasteiger partial charge is 0.330 e. The standard InChI is InChI=1S/C19H25N3O4/c1-12(2)22-18(23)10-17(21-19(22)24)20-13(3)14-4-6-15(7-5-14)26-16-8-9-25-11-16/h4-7,10,12-13,16,20H,8-9,11H2,1-3H3,(H,21,24)/t13-,16?/m0/s1. The summed E-state index contributed by atoms with van der Waals surface area (Å²) in [6.45, 7) is 6.95. The molecule has 2 aromatic rings. The number of nitrogens with one attached hydrogen (secondary N) is 2. The molecule has 1 aromatic heterocycles. The van der Waals surface area contributed by atoms with Crippen LogP contribution in [0.2, 0.25) is 0 Å². The van der Waals surface area contributed by atoms with E-state index in [1.807, 2.05) is 31.2 Å². The maximum absolute atomic E-state index is 12.1. The molecule has 2 heterocycles. The molecule has 2 atom stereocenters. The zero-order valence-electron chi connectivity index (χ0n) is 15.3. The molecule has 140 valence electrons. The molecule has 1 aromatic carbocycles. The van der Waals surface area contributed by atoms with Gasteiger partial charge in [0.1, 0.15) is 17.7 Å². The van der Waals surface area contributed by atoms with E-state index in [2.05, 4.69) is 10.3 Å². The van der Waals surface area contributed by atoms with Gasteiger partial charge in [-0.05, 0) is 38.5 Å². The van der Waals surface area contributed by atoms with Gasteiger partial charge in [-0.2, -0.15) is 0 Å². The average molecular weight is 359 g/mol. The number of benzene rings is 1. The number of rotatable bonds is 6. The van der Waals surface area contributed by atoms with Crippen molar-refractivity contribution >= 4 is 5.82 Å². The van der Waals surface area contributed by atoms with Gasteiger partial charge in [-0.1, -0.05) is 12.1 Å². The zero-order chi connectivity index (χ0) is 18.7. The van der Waals surface area contributed by atoms with Gasteiger partial charge >= 0.3 is 5.69 Å². The van der Waals surface area contributed by atoms with Crippen LogP contribution >= 0.6 is 0 Å². The van der Waals surface area contributed by atoms with Crippen LogP contribution in [-0.4, -0.2) is 28.9 Å². The number of aromatic amines is 1.